The first-order valence-corrected chi connectivity index (χ1v) is 10.7. The third-order valence-corrected chi connectivity index (χ3v) is 5.97. The fraction of sp³-hybridized carbons (Fsp3) is 0.160. The van der Waals surface area contributed by atoms with Crippen molar-refractivity contribution in [2.75, 3.05) is 0 Å². The van der Waals surface area contributed by atoms with Gasteiger partial charge in [0.05, 0.1) is 30.0 Å². The van der Waals surface area contributed by atoms with Crippen molar-refractivity contribution >= 4 is 17.3 Å². The molecule has 1 aliphatic rings. The lowest BCUT2D eigenvalue weighted by atomic mass is 10.0. The van der Waals surface area contributed by atoms with Crippen LogP contribution in [0.15, 0.2) is 91.4 Å². The minimum Gasteiger partial charge on any atom is -0.352 e. The number of aryl methyl sites for hydroxylation is 1. The van der Waals surface area contributed by atoms with Crippen molar-refractivity contribution in [3.8, 4) is 5.69 Å². The minimum atomic E-state index is -0.0594. The van der Waals surface area contributed by atoms with E-state index in [1.54, 1.807) is 0 Å². The summed E-state index contributed by atoms with van der Waals surface area (Å²) in [5.74, 6) is 0. The lowest BCUT2D eigenvalue weighted by Gasteiger charge is -2.28. The molecule has 1 aromatic carbocycles. The maximum absolute atomic E-state index is 5.80. The average molecular weight is 426 g/mol. The van der Waals surface area contributed by atoms with E-state index in [2.05, 4.69) is 80.3 Å². The Bertz CT molecular complexity index is 1190. The van der Waals surface area contributed by atoms with Crippen LogP contribution in [0, 0.1) is 6.92 Å². The highest BCUT2D eigenvalue weighted by Crippen LogP contribution is 2.40. The van der Waals surface area contributed by atoms with E-state index < -0.39 is 0 Å². The molecule has 0 saturated carbocycles. The quantitative estimate of drug-likeness (QED) is 0.468. The summed E-state index contributed by atoms with van der Waals surface area (Å²) in [6, 6.07) is 24.7. The van der Waals surface area contributed by atoms with Gasteiger partial charge in [0.2, 0.25) is 0 Å². The largest absolute Gasteiger partial charge is 0.352 e. The second kappa shape index (κ2) is 8.32. The Kier molecular flexibility index (Phi) is 5.22. The average Bonchev–Trinajstić information content (AvgIpc) is 3.40. The second-order valence-corrected chi connectivity index (χ2v) is 8.10. The van der Waals surface area contributed by atoms with Crippen molar-refractivity contribution in [3.05, 3.63) is 114 Å². The van der Waals surface area contributed by atoms with Gasteiger partial charge in [-0.05, 0) is 73.2 Å². The number of hydrogen-bond donors (Lipinski definition) is 1. The van der Waals surface area contributed by atoms with Crippen LogP contribution in [0.25, 0.3) is 5.69 Å². The summed E-state index contributed by atoms with van der Waals surface area (Å²) in [5.41, 5.74) is 5.46. The Morgan fingerprint density at radius 1 is 0.935 bits per heavy atom. The van der Waals surface area contributed by atoms with Crippen molar-refractivity contribution in [3.63, 3.8) is 0 Å². The zero-order chi connectivity index (χ0) is 21.2. The third kappa shape index (κ3) is 3.82. The summed E-state index contributed by atoms with van der Waals surface area (Å²) >= 11 is 5.80. The van der Waals surface area contributed by atoms with Crippen LogP contribution in [0.1, 0.15) is 34.7 Å². The van der Waals surface area contributed by atoms with Crippen LogP contribution < -0.4 is 5.32 Å². The number of rotatable bonds is 5. The molecule has 31 heavy (non-hydrogen) atoms. The number of hydrogen-bond acceptors (Lipinski definition) is 3. The molecule has 0 aliphatic carbocycles. The van der Waals surface area contributed by atoms with E-state index in [1.165, 1.54) is 5.56 Å². The monoisotopic (exact) mass is 425 g/mol. The van der Waals surface area contributed by atoms with Gasteiger partial charge in [0, 0.05) is 30.0 Å². The van der Waals surface area contributed by atoms with E-state index in [-0.39, 0.29) is 12.1 Å². The van der Waals surface area contributed by atoms with Gasteiger partial charge < -0.3 is 14.8 Å². The molecule has 0 amide bonds. The number of benzene rings is 1. The van der Waals surface area contributed by atoms with Gasteiger partial charge in [0.15, 0.2) is 5.11 Å². The molecule has 154 valence electrons. The Morgan fingerprint density at radius 2 is 1.77 bits per heavy atom. The van der Waals surface area contributed by atoms with Crippen molar-refractivity contribution in [2.24, 2.45) is 0 Å². The van der Waals surface area contributed by atoms with E-state index in [0.29, 0.717) is 11.7 Å². The van der Waals surface area contributed by atoms with Crippen molar-refractivity contribution < 1.29 is 0 Å². The molecule has 6 heteroatoms. The van der Waals surface area contributed by atoms with Gasteiger partial charge in [-0.2, -0.15) is 0 Å². The molecule has 2 atom stereocenters. The number of nitrogens with zero attached hydrogens (tertiary/aromatic N) is 4. The molecule has 0 spiro atoms. The fourth-order valence-electron chi connectivity index (χ4n) is 4.21. The highest BCUT2D eigenvalue weighted by molar-refractivity contribution is 7.80. The SMILES string of the molecule is Cc1cccc(-n2cccc2[C@@H]2[C@H](c3ccccn3)NC(=S)N2Cc2ccccn2)c1. The van der Waals surface area contributed by atoms with Gasteiger partial charge >= 0.3 is 0 Å². The van der Waals surface area contributed by atoms with E-state index >= 15 is 0 Å². The van der Waals surface area contributed by atoms with E-state index in [4.69, 9.17) is 12.2 Å². The van der Waals surface area contributed by atoms with Crippen molar-refractivity contribution in [1.29, 1.82) is 0 Å². The zero-order valence-electron chi connectivity index (χ0n) is 17.2. The van der Waals surface area contributed by atoms with Gasteiger partial charge in [-0.15, -0.1) is 0 Å². The van der Waals surface area contributed by atoms with Gasteiger partial charge in [-0.3, -0.25) is 9.97 Å². The molecule has 5 nitrogen and oxygen atoms in total. The number of thiocarbonyl (C=S) groups is 1. The minimum absolute atomic E-state index is 0.0279. The molecule has 1 saturated heterocycles. The molecule has 1 N–H and O–H groups in total. The molecule has 1 fully saturated rings. The lowest BCUT2D eigenvalue weighted by molar-refractivity contribution is 0.299. The topological polar surface area (TPSA) is 46.0 Å². The molecular weight excluding hydrogens is 402 g/mol. The first-order chi connectivity index (χ1) is 15.2. The Labute approximate surface area is 187 Å². The van der Waals surface area contributed by atoms with Crippen LogP contribution in [-0.2, 0) is 6.54 Å². The smallest absolute Gasteiger partial charge is 0.170 e. The predicted molar refractivity (Wildman–Crippen MR) is 126 cm³/mol. The zero-order valence-corrected chi connectivity index (χ0v) is 18.0. The van der Waals surface area contributed by atoms with Crippen LogP contribution >= 0.6 is 12.2 Å². The van der Waals surface area contributed by atoms with E-state index in [9.17, 15) is 0 Å². The van der Waals surface area contributed by atoms with Crippen LogP contribution in [0.4, 0.5) is 0 Å². The molecule has 0 unspecified atom stereocenters. The summed E-state index contributed by atoms with van der Waals surface area (Å²) in [6.45, 7) is 2.74. The molecule has 0 bridgehead atoms. The van der Waals surface area contributed by atoms with Crippen LogP contribution in [-0.4, -0.2) is 24.5 Å². The Morgan fingerprint density at radius 3 is 2.52 bits per heavy atom. The lowest BCUT2D eigenvalue weighted by Crippen LogP contribution is -2.30. The van der Waals surface area contributed by atoms with Crippen LogP contribution in [0.5, 0.6) is 0 Å². The van der Waals surface area contributed by atoms with Crippen LogP contribution in [0.3, 0.4) is 0 Å². The highest BCUT2D eigenvalue weighted by Gasteiger charge is 2.41. The predicted octanol–water partition coefficient (Wildman–Crippen LogP) is 4.75. The maximum Gasteiger partial charge on any atom is 0.170 e. The Hall–Kier alpha value is -3.51. The van der Waals surface area contributed by atoms with Gasteiger partial charge in [-0.1, -0.05) is 24.3 Å². The third-order valence-electron chi connectivity index (χ3n) is 5.62. The van der Waals surface area contributed by atoms with Gasteiger partial charge in [-0.25, -0.2) is 0 Å². The second-order valence-electron chi connectivity index (χ2n) is 7.72. The van der Waals surface area contributed by atoms with Crippen molar-refractivity contribution in [2.45, 2.75) is 25.6 Å². The summed E-state index contributed by atoms with van der Waals surface area (Å²) in [5, 5.41) is 4.23. The summed E-state index contributed by atoms with van der Waals surface area (Å²) in [7, 11) is 0. The number of nitrogens with one attached hydrogen (secondary N) is 1. The first-order valence-electron chi connectivity index (χ1n) is 10.3. The number of aromatic nitrogens is 3. The fourth-order valence-corrected chi connectivity index (χ4v) is 4.52. The van der Waals surface area contributed by atoms with E-state index in [0.717, 1.165) is 22.8 Å². The normalized spacial score (nSPS) is 18.2. The highest BCUT2D eigenvalue weighted by atomic mass is 32.1. The van der Waals surface area contributed by atoms with Crippen LogP contribution in [0.2, 0.25) is 0 Å². The summed E-state index contributed by atoms with van der Waals surface area (Å²) in [6.07, 6.45) is 5.76. The number of pyridine rings is 2. The van der Waals surface area contributed by atoms with Gasteiger partial charge in [0.1, 0.15) is 0 Å². The first kappa shape index (κ1) is 19.5. The van der Waals surface area contributed by atoms with Gasteiger partial charge in [0.25, 0.3) is 0 Å². The van der Waals surface area contributed by atoms with E-state index in [1.807, 2.05) is 42.7 Å². The molecule has 5 rings (SSSR count). The Balaban J connectivity index is 1.61. The van der Waals surface area contributed by atoms with Crippen molar-refractivity contribution in [1.82, 2.24) is 24.8 Å². The molecule has 3 aromatic heterocycles. The standard InChI is InChI=1S/C25H23N5S/c1-18-8-6-10-20(16-18)29-15-7-12-22(29)24-23(21-11-3-5-14-27-21)28-25(31)30(24)17-19-9-2-4-13-26-19/h2-16,23-24H,17H2,1H3,(H,28,31)/t23-,24+/m0/s1. The summed E-state index contributed by atoms with van der Waals surface area (Å²) in [4.78, 5) is 11.4. The molecule has 1 aliphatic heterocycles. The molecule has 4 aromatic rings. The molecular formula is C25H23N5S. The summed E-state index contributed by atoms with van der Waals surface area (Å²) < 4.78 is 2.24. The molecule has 4 heterocycles. The maximum atomic E-state index is 5.80. The molecule has 0 radical (unpaired) electrons.